The van der Waals surface area contributed by atoms with Gasteiger partial charge in [-0.1, -0.05) is 18.2 Å². The smallest absolute Gasteiger partial charge is 0.284 e. The molecule has 4 aromatic rings. The third-order valence-electron chi connectivity index (χ3n) is 4.90. The van der Waals surface area contributed by atoms with E-state index in [4.69, 9.17) is 0 Å². The molecule has 0 aliphatic rings. The van der Waals surface area contributed by atoms with E-state index >= 15 is 0 Å². The van der Waals surface area contributed by atoms with Gasteiger partial charge in [-0.25, -0.2) is 9.37 Å². The van der Waals surface area contributed by atoms with Crippen LogP contribution in [0.1, 0.15) is 27.8 Å². The summed E-state index contributed by atoms with van der Waals surface area (Å²) in [7, 11) is 3.45. The topological polar surface area (TPSA) is 121 Å². The zero-order valence-electron chi connectivity index (χ0n) is 17.5. The molecule has 33 heavy (non-hydrogen) atoms. The molecule has 0 bridgehead atoms. The van der Waals surface area contributed by atoms with E-state index in [0.717, 1.165) is 11.8 Å². The van der Waals surface area contributed by atoms with E-state index in [1.807, 2.05) is 0 Å². The van der Waals surface area contributed by atoms with E-state index in [1.165, 1.54) is 30.6 Å². The number of halogens is 1. The summed E-state index contributed by atoms with van der Waals surface area (Å²) in [6.07, 6.45) is 4.70. The van der Waals surface area contributed by atoms with Gasteiger partial charge in [-0.3, -0.25) is 14.9 Å². The van der Waals surface area contributed by atoms with Crippen molar-refractivity contribution in [2.45, 2.75) is 16.1 Å². The number of carbonyl (C=O) groups excluding carboxylic acids is 1. The van der Waals surface area contributed by atoms with Gasteiger partial charge in [0.2, 0.25) is 0 Å². The summed E-state index contributed by atoms with van der Waals surface area (Å²) in [5, 5.41) is 22.6. The Kier molecular flexibility index (Phi) is 6.18. The fourth-order valence-electron chi connectivity index (χ4n) is 3.21. The third kappa shape index (κ3) is 4.60. The van der Waals surface area contributed by atoms with Gasteiger partial charge in [-0.15, -0.1) is 10.2 Å². The number of rotatable bonds is 7. The second-order valence-corrected chi connectivity index (χ2v) is 8.10. The van der Waals surface area contributed by atoms with Crippen LogP contribution in [0.2, 0.25) is 0 Å². The molecule has 0 aliphatic heterocycles. The number of aryl methyl sites for hydroxylation is 2. The first-order valence-electron chi connectivity index (χ1n) is 9.68. The van der Waals surface area contributed by atoms with Gasteiger partial charge in [0.25, 0.3) is 11.6 Å². The first-order valence-corrected chi connectivity index (χ1v) is 10.5. The summed E-state index contributed by atoms with van der Waals surface area (Å²) >= 11 is 1.06. The van der Waals surface area contributed by atoms with Crippen LogP contribution in [0, 0.1) is 15.9 Å². The number of hydrogen-bond donors (Lipinski definition) is 1. The molecule has 2 aromatic carbocycles. The molecular formula is C21H18FN7O3S. The van der Waals surface area contributed by atoms with Crippen LogP contribution in [0.4, 0.5) is 10.1 Å². The van der Waals surface area contributed by atoms with Crippen LogP contribution in [-0.4, -0.2) is 35.1 Å². The molecular weight excluding hydrogens is 449 g/mol. The Balaban J connectivity index is 1.67. The number of nitro benzene ring substituents is 1. The van der Waals surface area contributed by atoms with Crippen LogP contribution < -0.4 is 5.32 Å². The van der Waals surface area contributed by atoms with E-state index in [1.54, 1.807) is 53.8 Å². The fraction of sp³-hybridized carbons (Fsp3) is 0.143. The van der Waals surface area contributed by atoms with E-state index in [2.05, 4.69) is 20.5 Å². The molecule has 0 fully saturated rings. The molecule has 10 nitrogen and oxygen atoms in total. The van der Waals surface area contributed by atoms with Gasteiger partial charge >= 0.3 is 0 Å². The highest BCUT2D eigenvalue weighted by molar-refractivity contribution is 7.99. The molecule has 1 unspecified atom stereocenters. The van der Waals surface area contributed by atoms with Gasteiger partial charge in [-0.05, 0) is 30.0 Å². The Morgan fingerprint density at radius 3 is 2.64 bits per heavy atom. The van der Waals surface area contributed by atoms with Crippen molar-refractivity contribution in [1.82, 2.24) is 29.6 Å². The quantitative estimate of drug-likeness (QED) is 0.327. The highest BCUT2D eigenvalue weighted by atomic mass is 32.2. The first kappa shape index (κ1) is 22.1. The normalized spacial score (nSPS) is 11.8. The van der Waals surface area contributed by atoms with Crippen molar-refractivity contribution in [3.05, 3.63) is 94.1 Å². The Hall–Kier alpha value is -4.06. The number of nitrogens with zero attached hydrogens (tertiary/aromatic N) is 6. The molecule has 0 saturated heterocycles. The second-order valence-electron chi connectivity index (χ2n) is 7.09. The molecule has 1 atom stereocenters. The van der Waals surface area contributed by atoms with Gasteiger partial charge < -0.3 is 14.5 Å². The largest absolute Gasteiger partial charge is 0.338 e. The zero-order chi connectivity index (χ0) is 23.5. The number of hydrogen-bond acceptors (Lipinski definition) is 7. The number of aromatic nitrogens is 5. The highest BCUT2D eigenvalue weighted by Crippen LogP contribution is 2.34. The van der Waals surface area contributed by atoms with Gasteiger partial charge in [0.05, 0.1) is 9.82 Å². The van der Waals surface area contributed by atoms with Gasteiger partial charge in [-0.2, -0.15) is 0 Å². The van der Waals surface area contributed by atoms with Crippen molar-refractivity contribution >= 4 is 23.4 Å². The lowest BCUT2D eigenvalue weighted by molar-refractivity contribution is -0.387. The van der Waals surface area contributed by atoms with Gasteiger partial charge in [0, 0.05) is 43.7 Å². The first-order chi connectivity index (χ1) is 15.8. The van der Waals surface area contributed by atoms with Crippen LogP contribution in [-0.2, 0) is 14.1 Å². The Morgan fingerprint density at radius 2 is 2.00 bits per heavy atom. The lowest BCUT2D eigenvalue weighted by Gasteiger charge is -2.20. The average Bonchev–Trinajstić information content (AvgIpc) is 3.40. The van der Waals surface area contributed by atoms with Crippen LogP contribution in [0.5, 0.6) is 0 Å². The molecule has 0 spiro atoms. The minimum Gasteiger partial charge on any atom is -0.338 e. The van der Waals surface area contributed by atoms with Crippen molar-refractivity contribution in [2.75, 3.05) is 0 Å². The summed E-state index contributed by atoms with van der Waals surface area (Å²) in [5.74, 6) is -0.700. The molecule has 2 aromatic heterocycles. The minimum atomic E-state index is -0.898. The van der Waals surface area contributed by atoms with Crippen LogP contribution in [0.25, 0.3) is 0 Å². The summed E-state index contributed by atoms with van der Waals surface area (Å²) < 4.78 is 17.9. The van der Waals surface area contributed by atoms with Gasteiger partial charge in [0.15, 0.2) is 5.16 Å². The fourth-order valence-corrected chi connectivity index (χ4v) is 4.06. The summed E-state index contributed by atoms with van der Waals surface area (Å²) in [4.78, 5) is 28.7. The zero-order valence-corrected chi connectivity index (χ0v) is 18.4. The van der Waals surface area contributed by atoms with Crippen molar-refractivity contribution < 1.29 is 14.1 Å². The van der Waals surface area contributed by atoms with E-state index < -0.39 is 22.7 Å². The second kappa shape index (κ2) is 9.20. The highest BCUT2D eigenvalue weighted by Gasteiger charge is 2.26. The minimum absolute atomic E-state index is 0.0552. The number of imidazole rings is 1. The Labute approximate surface area is 191 Å². The lowest BCUT2D eigenvalue weighted by Crippen LogP contribution is -2.31. The van der Waals surface area contributed by atoms with E-state index in [0.29, 0.717) is 15.9 Å². The van der Waals surface area contributed by atoms with E-state index in [9.17, 15) is 19.3 Å². The molecule has 12 heteroatoms. The molecule has 168 valence electrons. The predicted molar refractivity (Wildman–Crippen MR) is 117 cm³/mol. The molecule has 1 amide bonds. The van der Waals surface area contributed by atoms with Crippen molar-refractivity contribution in [3.8, 4) is 0 Å². The van der Waals surface area contributed by atoms with Crippen molar-refractivity contribution in [2.24, 2.45) is 14.1 Å². The summed E-state index contributed by atoms with van der Waals surface area (Å²) in [6.45, 7) is 0. The summed E-state index contributed by atoms with van der Waals surface area (Å²) in [5.41, 5.74) is 0.0266. The number of nitrogens with one attached hydrogen (secondary N) is 1. The van der Waals surface area contributed by atoms with E-state index in [-0.39, 0.29) is 16.8 Å². The molecule has 0 saturated carbocycles. The number of nitro groups is 1. The van der Waals surface area contributed by atoms with Crippen molar-refractivity contribution in [1.29, 1.82) is 0 Å². The SMILES string of the molecule is Cn1cnnc1Sc1ccc(C(=O)NC(c2ccccc2F)c2nccn2C)cc1[N+](=O)[O-]. The number of carbonyl (C=O) groups is 1. The maximum absolute atomic E-state index is 14.6. The molecule has 0 aliphatic carbocycles. The average molecular weight is 467 g/mol. The van der Waals surface area contributed by atoms with Crippen LogP contribution >= 0.6 is 11.8 Å². The third-order valence-corrected chi connectivity index (χ3v) is 6.01. The summed E-state index contributed by atoms with van der Waals surface area (Å²) in [6, 6.07) is 9.29. The predicted octanol–water partition coefficient (Wildman–Crippen LogP) is 3.27. The van der Waals surface area contributed by atoms with Crippen molar-refractivity contribution in [3.63, 3.8) is 0 Å². The maximum Gasteiger partial charge on any atom is 0.284 e. The van der Waals surface area contributed by atoms with Crippen LogP contribution in [0.15, 0.2) is 71.2 Å². The maximum atomic E-state index is 14.6. The Bertz CT molecular complexity index is 1340. The standard InChI is InChI=1S/C21H18FN7O3S/c1-27-10-9-23-19(27)18(14-5-3-4-6-15(14)22)25-20(30)13-7-8-17(16(11-13)29(31)32)33-21-26-24-12-28(21)2/h3-12,18H,1-2H3,(H,25,30). The molecule has 4 rings (SSSR count). The molecule has 0 radical (unpaired) electrons. The lowest BCUT2D eigenvalue weighted by atomic mass is 10.0. The molecule has 1 N–H and O–H groups in total. The number of amides is 1. The molecule has 2 heterocycles. The Morgan fingerprint density at radius 1 is 1.21 bits per heavy atom. The van der Waals surface area contributed by atoms with Crippen LogP contribution in [0.3, 0.4) is 0 Å². The van der Waals surface area contributed by atoms with Gasteiger partial charge in [0.1, 0.15) is 24.0 Å². The monoisotopic (exact) mass is 467 g/mol. The number of benzene rings is 2.